The Balaban J connectivity index is 2.05. The standard InChI is InChI=1S/C18H19N/c1-3-4-5-16-7-9-17(10-8-16)11-13-18-12-6-15(2)14-19-18/h6-10,12,14H,3-5H2,1-2H3. The van der Waals surface area contributed by atoms with Crippen molar-refractivity contribution in [1.82, 2.24) is 4.98 Å². The van der Waals surface area contributed by atoms with Crippen LogP contribution in [0, 0.1) is 18.8 Å². The number of hydrogen-bond donors (Lipinski definition) is 0. The van der Waals surface area contributed by atoms with Crippen LogP contribution in [-0.2, 0) is 6.42 Å². The Hall–Kier alpha value is -2.07. The lowest BCUT2D eigenvalue weighted by Gasteiger charge is -1.99. The van der Waals surface area contributed by atoms with Crippen molar-refractivity contribution in [3.63, 3.8) is 0 Å². The first-order chi connectivity index (χ1) is 9.28. The number of aromatic nitrogens is 1. The Morgan fingerprint density at radius 3 is 2.42 bits per heavy atom. The molecule has 19 heavy (non-hydrogen) atoms. The Morgan fingerprint density at radius 1 is 1.00 bits per heavy atom. The fourth-order valence-electron chi connectivity index (χ4n) is 1.81. The molecule has 96 valence electrons. The maximum absolute atomic E-state index is 4.28. The average Bonchev–Trinajstić information content (AvgIpc) is 2.46. The first-order valence-corrected chi connectivity index (χ1v) is 6.81. The molecule has 0 aliphatic heterocycles. The number of aryl methyl sites for hydroxylation is 2. The van der Waals surface area contributed by atoms with E-state index in [1.54, 1.807) is 0 Å². The molecule has 0 spiro atoms. The topological polar surface area (TPSA) is 12.9 Å². The summed E-state index contributed by atoms with van der Waals surface area (Å²) in [4.78, 5) is 4.28. The van der Waals surface area contributed by atoms with E-state index >= 15 is 0 Å². The molecule has 2 rings (SSSR count). The van der Waals surface area contributed by atoms with Crippen molar-refractivity contribution in [2.75, 3.05) is 0 Å². The Labute approximate surface area is 115 Å². The van der Waals surface area contributed by atoms with E-state index in [0.717, 1.165) is 23.2 Å². The van der Waals surface area contributed by atoms with E-state index in [4.69, 9.17) is 0 Å². The van der Waals surface area contributed by atoms with Crippen molar-refractivity contribution in [3.8, 4) is 11.8 Å². The van der Waals surface area contributed by atoms with E-state index in [2.05, 4.69) is 48.0 Å². The van der Waals surface area contributed by atoms with Crippen molar-refractivity contribution >= 4 is 0 Å². The molecular formula is C18H19N. The Morgan fingerprint density at radius 2 is 1.79 bits per heavy atom. The van der Waals surface area contributed by atoms with Crippen LogP contribution in [0.15, 0.2) is 42.6 Å². The third-order valence-electron chi connectivity index (χ3n) is 3.02. The number of unbranched alkanes of at least 4 members (excludes halogenated alkanes) is 1. The van der Waals surface area contributed by atoms with E-state index in [9.17, 15) is 0 Å². The van der Waals surface area contributed by atoms with Crippen LogP contribution in [-0.4, -0.2) is 4.98 Å². The van der Waals surface area contributed by atoms with E-state index < -0.39 is 0 Å². The molecule has 0 saturated carbocycles. The average molecular weight is 249 g/mol. The highest BCUT2D eigenvalue weighted by atomic mass is 14.7. The zero-order valence-electron chi connectivity index (χ0n) is 11.6. The lowest BCUT2D eigenvalue weighted by Crippen LogP contribution is -1.85. The van der Waals surface area contributed by atoms with Gasteiger partial charge in [0.15, 0.2) is 0 Å². The van der Waals surface area contributed by atoms with Crippen LogP contribution < -0.4 is 0 Å². The van der Waals surface area contributed by atoms with Gasteiger partial charge in [-0.1, -0.05) is 37.5 Å². The number of benzene rings is 1. The SMILES string of the molecule is CCCCc1ccc(C#Cc2ccc(C)cn2)cc1. The number of nitrogens with zero attached hydrogens (tertiary/aromatic N) is 1. The van der Waals surface area contributed by atoms with E-state index in [1.807, 2.05) is 25.3 Å². The summed E-state index contributed by atoms with van der Waals surface area (Å²) in [6.45, 7) is 4.24. The molecule has 0 aliphatic rings. The molecule has 1 aromatic carbocycles. The van der Waals surface area contributed by atoms with Crippen molar-refractivity contribution in [1.29, 1.82) is 0 Å². The number of pyridine rings is 1. The van der Waals surface area contributed by atoms with Gasteiger partial charge in [0.25, 0.3) is 0 Å². The van der Waals surface area contributed by atoms with Gasteiger partial charge < -0.3 is 0 Å². The zero-order chi connectivity index (χ0) is 13.5. The summed E-state index contributed by atoms with van der Waals surface area (Å²) >= 11 is 0. The van der Waals surface area contributed by atoms with Gasteiger partial charge in [-0.15, -0.1) is 0 Å². The number of hydrogen-bond acceptors (Lipinski definition) is 1. The molecule has 0 radical (unpaired) electrons. The van der Waals surface area contributed by atoms with E-state index in [0.29, 0.717) is 0 Å². The minimum absolute atomic E-state index is 0.820. The molecule has 1 heterocycles. The summed E-state index contributed by atoms with van der Waals surface area (Å²) < 4.78 is 0. The van der Waals surface area contributed by atoms with Crippen LogP contribution in [0.4, 0.5) is 0 Å². The Kier molecular flexibility index (Phi) is 4.75. The van der Waals surface area contributed by atoms with E-state index in [-0.39, 0.29) is 0 Å². The third-order valence-corrected chi connectivity index (χ3v) is 3.02. The highest BCUT2D eigenvalue weighted by Gasteiger charge is 1.93. The van der Waals surface area contributed by atoms with Gasteiger partial charge in [0.2, 0.25) is 0 Å². The molecule has 0 bridgehead atoms. The molecule has 0 saturated heterocycles. The summed E-state index contributed by atoms with van der Waals surface area (Å²) in [7, 11) is 0. The molecule has 1 nitrogen and oxygen atoms in total. The highest BCUT2D eigenvalue weighted by molar-refractivity contribution is 5.41. The lowest BCUT2D eigenvalue weighted by molar-refractivity contribution is 0.795. The smallest absolute Gasteiger partial charge is 0.113 e. The second-order valence-corrected chi connectivity index (χ2v) is 4.77. The van der Waals surface area contributed by atoms with Crippen LogP contribution in [0.5, 0.6) is 0 Å². The molecule has 1 heteroatoms. The lowest BCUT2D eigenvalue weighted by atomic mass is 10.1. The van der Waals surface area contributed by atoms with Crippen LogP contribution in [0.1, 0.15) is 42.1 Å². The largest absolute Gasteiger partial charge is 0.248 e. The van der Waals surface area contributed by atoms with Crippen molar-refractivity contribution in [3.05, 3.63) is 65.0 Å². The van der Waals surface area contributed by atoms with Crippen LogP contribution in [0.25, 0.3) is 0 Å². The molecule has 2 aromatic rings. The minimum atomic E-state index is 0.820. The molecule has 0 aliphatic carbocycles. The zero-order valence-corrected chi connectivity index (χ0v) is 11.6. The monoisotopic (exact) mass is 249 g/mol. The summed E-state index contributed by atoms with van der Waals surface area (Å²) in [6, 6.07) is 12.5. The van der Waals surface area contributed by atoms with Crippen LogP contribution >= 0.6 is 0 Å². The van der Waals surface area contributed by atoms with Gasteiger partial charge >= 0.3 is 0 Å². The predicted octanol–water partition coefficient (Wildman–Crippen LogP) is 4.13. The normalized spacial score (nSPS) is 9.79. The van der Waals surface area contributed by atoms with Gasteiger partial charge in [0.1, 0.15) is 5.69 Å². The van der Waals surface area contributed by atoms with Gasteiger partial charge in [0.05, 0.1) is 0 Å². The van der Waals surface area contributed by atoms with Crippen molar-refractivity contribution in [2.45, 2.75) is 33.1 Å². The molecule has 0 amide bonds. The first-order valence-electron chi connectivity index (χ1n) is 6.81. The van der Waals surface area contributed by atoms with Gasteiger partial charge in [-0.25, -0.2) is 4.98 Å². The van der Waals surface area contributed by atoms with Crippen molar-refractivity contribution < 1.29 is 0 Å². The molecular weight excluding hydrogens is 230 g/mol. The van der Waals surface area contributed by atoms with Gasteiger partial charge in [-0.05, 0) is 55.0 Å². The Bertz CT molecular complexity index is 568. The number of rotatable bonds is 3. The van der Waals surface area contributed by atoms with Gasteiger partial charge in [-0.2, -0.15) is 0 Å². The quantitative estimate of drug-likeness (QED) is 0.745. The van der Waals surface area contributed by atoms with Crippen molar-refractivity contribution in [2.24, 2.45) is 0 Å². The summed E-state index contributed by atoms with van der Waals surface area (Å²) in [5, 5.41) is 0. The van der Waals surface area contributed by atoms with Gasteiger partial charge in [0, 0.05) is 11.8 Å². The molecule has 0 N–H and O–H groups in total. The van der Waals surface area contributed by atoms with Crippen LogP contribution in [0.3, 0.4) is 0 Å². The summed E-state index contributed by atoms with van der Waals surface area (Å²) in [6.07, 6.45) is 5.49. The second-order valence-electron chi connectivity index (χ2n) is 4.77. The maximum atomic E-state index is 4.28. The second kappa shape index (κ2) is 6.75. The fraction of sp³-hybridized carbons (Fsp3) is 0.278. The van der Waals surface area contributed by atoms with Crippen LogP contribution in [0.2, 0.25) is 0 Å². The first kappa shape index (κ1) is 13.4. The maximum Gasteiger partial charge on any atom is 0.113 e. The summed E-state index contributed by atoms with van der Waals surface area (Å²) in [5.41, 5.74) is 4.41. The predicted molar refractivity (Wildman–Crippen MR) is 80.0 cm³/mol. The molecule has 0 atom stereocenters. The summed E-state index contributed by atoms with van der Waals surface area (Å²) in [5.74, 6) is 6.24. The molecule has 0 fully saturated rings. The minimum Gasteiger partial charge on any atom is -0.248 e. The highest BCUT2D eigenvalue weighted by Crippen LogP contribution is 2.07. The van der Waals surface area contributed by atoms with Gasteiger partial charge in [-0.3, -0.25) is 0 Å². The molecule has 1 aromatic heterocycles. The third kappa shape index (κ3) is 4.26. The molecule has 0 unspecified atom stereocenters. The fourth-order valence-corrected chi connectivity index (χ4v) is 1.81. The van der Waals surface area contributed by atoms with E-state index in [1.165, 1.54) is 18.4 Å².